The van der Waals surface area contributed by atoms with Crippen LogP contribution in [-0.2, 0) is 4.74 Å². The summed E-state index contributed by atoms with van der Waals surface area (Å²) in [5.74, 6) is 0. The molecule has 0 spiro atoms. The summed E-state index contributed by atoms with van der Waals surface area (Å²) in [7, 11) is 0. The molecule has 0 aliphatic carbocycles. The number of aliphatic hydroxyl groups excluding tert-OH is 1. The van der Waals surface area contributed by atoms with Gasteiger partial charge in [-0.1, -0.05) is 0 Å². The monoisotopic (exact) mass is 162 g/mol. The maximum Gasteiger partial charge on any atom is 0.101 e. The molecule has 0 aliphatic heterocycles. The van der Waals surface area contributed by atoms with Gasteiger partial charge in [0.05, 0.1) is 32.9 Å². The third-order valence-corrected chi connectivity index (χ3v) is 1.84. The predicted octanol–water partition coefficient (Wildman–Crippen LogP) is -1.08. The molecule has 0 aromatic carbocycles. The molecule has 0 saturated heterocycles. The quantitative estimate of drug-likeness (QED) is 0.467. The van der Waals surface area contributed by atoms with Crippen molar-refractivity contribution in [3.63, 3.8) is 0 Å². The zero-order valence-corrected chi connectivity index (χ0v) is 7.60. The van der Waals surface area contributed by atoms with Gasteiger partial charge in [0.25, 0.3) is 0 Å². The van der Waals surface area contributed by atoms with Crippen molar-refractivity contribution in [2.45, 2.75) is 13.8 Å². The van der Waals surface area contributed by atoms with E-state index in [4.69, 9.17) is 9.84 Å². The molecule has 68 valence electrons. The Morgan fingerprint density at radius 2 is 1.82 bits per heavy atom. The van der Waals surface area contributed by atoms with Crippen LogP contribution in [0.4, 0.5) is 0 Å². The summed E-state index contributed by atoms with van der Waals surface area (Å²) in [6.45, 7) is 9.06. The number of nitrogens with one attached hydrogen (secondary N) is 1. The highest BCUT2D eigenvalue weighted by Crippen LogP contribution is 1.68. The first-order valence-corrected chi connectivity index (χ1v) is 4.37. The summed E-state index contributed by atoms with van der Waals surface area (Å²) in [6.07, 6.45) is 0. The second-order valence-electron chi connectivity index (χ2n) is 2.54. The van der Waals surface area contributed by atoms with Gasteiger partial charge in [0.15, 0.2) is 0 Å². The molecular weight excluding hydrogens is 142 g/mol. The summed E-state index contributed by atoms with van der Waals surface area (Å²) in [4.78, 5) is 1.54. The van der Waals surface area contributed by atoms with Gasteiger partial charge >= 0.3 is 0 Å². The largest absolute Gasteiger partial charge is 0.394 e. The molecule has 0 aromatic heterocycles. The fraction of sp³-hybridized carbons (Fsp3) is 1.00. The highest BCUT2D eigenvalue weighted by molar-refractivity contribution is 4.28. The summed E-state index contributed by atoms with van der Waals surface area (Å²) in [6, 6.07) is 0. The normalized spacial score (nSPS) is 10.9. The molecular formula is C8H20NO2+. The smallest absolute Gasteiger partial charge is 0.101 e. The molecule has 0 fully saturated rings. The standard InChI is InChI=1S/C8H19NO2/c1-3-9(4-2)5-7-11-8-6-10/h10H,3-8H2,1-2H3/p+1. The van der Waals surface area contributed by atoms with Gasteiger partial charge in [0.1, 0.15) is 6.54 Å². The van der Waals surface area contributed by atoms with E-state index in [0.29, 0.717) is 6.61 Å². The van der Waals surface area contributed by atoms with E-state index >= 15 is 0 Å². The number of hydrogen-bond donors (Lipinski definition) is 2. The average molecular weight is 162 g/mol. The van der Waals surface area contributed by atoms with E-state index in [-0.39, 0.29) is 6.61 Å². The number of hydrogen-bond acceptors (Lipinski definition) is 2. The van der Waals surface area contributed by atoms with Gasteiger partial charge in [0, 0.05) is 0 Å². The third kappa shape index (κ3) is 6.28. The third-order valence-electron chi connectivity index (χ3n) is 1.84. The predicted molar refractivity (Wildman–Crippen MR) is 44.8 cm³/mol. The molecule has 0 heterocycles. The Hall–Kier alpha value is -0.120. The number of quaternary nitrogens is 1. The van der Waals surface area contributed by atoms with Crippen molar-refractivity contribution in [2.24, 2.45) is 0 Å². The van der Waals surface area contributed by atoms with Crippen LogP contribution in [0.1, 0.15) is 13.8 Å². The van der Waals surface area contributed by atoms with E-state index in [9.17, 15) is 0 Å². The van der Waals surface area contributed by atoms with Crippen molar-refractivity contribution in [1.29, 1.82) is 0 Å². The van der Waals surface area contributed by atoms with Crippen LogP contribution in [0.2, 0.25) is 0 Å². The molecule has 0 amide bonds. The first kappa shape index (κ1) is 10.9. The summed E-state index contributed by atoms with van der Waals surface area (Å²) in [5, 5.41) is 8.41. The van der Waals surface area contributed by atoms with Gasteiger partial charge in [-0.25, -0.2) is 0 Å². The van der Waals surface area contributed by atoms with Crippen LogP contribution in [0.5, 0.6) is 0 Å². The van der Waals surface area contributed by atoms with Crippen molar-refractivity contribution in [3.05, 3.63) is 0 Å². The average Bonchev–Trinajstić information content (AvgIpc) is 2.05. The fourth-order valence-electron chi connectivity index (χ4n) is 0.987. The molecule has 0 radical (unpaired) electrons. The van der Waals surface area contributed by atoms with Crippen LogP contribution in [0.3, 0.4) is 0 Å². The molecule has 0 aliphatic rings. The minimum Gasteiger partial charge on any atom is -0.394 e. The number of aliphatic hydroxyl groups is 1. The zero-order valence-electron chi connectivity index (χ0n) is 7.60. The number of ether oxygens (including phenoxy) is 1. The SMILES string of the molecule is CC[NH+](CC)CCOCCO. The minimum absolute atomic E-state index is 0.133. The van der Waals surface area contributed by atoms with Crippen LogP contribution in [0.25, 0.3) is 0 Å². The Kier molecular flexibility index (Phi) is 7.89. The van der Waals surface area contributed by atoms with Gasteiger partial charge in [-0.05, 0) is 13.8 Å². The Bertz CT molecular complexity index is 74.5. The first-order valence-electron chi connectivity index (χ1n) is 4.37. The van der Waals surface area contributed by atoms with Gasteiger partial charge in [-0.3, -0.25) is 0 Å². The van der Waals surface area contributed by atoms with Crippen molar-refractivity contribution in [3.8, 4) is 0 Å². The maximum atomic E-state index is 8.41. The lowest BCUT2D eigenvalue weighted by Gasteiger charge is -2.14. The zero-order chi connectivity index (χ0) is 8.53. The molecule has 0 saturated carbocycles. The highest BCUT2D eigenvalue weighted by atomic mass is 16.5. The van der Waals surface area contributed by atoms with Crippen LogP contribution in [0, 0.1) is 0 Å². The molecule has 2 N–H and O–H groups in total. The molecule has 11 heavy (non-hydrogen) atoms. The van der Waals surface area contributed by atoms with E-state index in [2.05, 4.69) is 13.8 Å². The molecule has 0 aromatic rings. The fourth-order valence-corrected chi connectivity index (χ4v) is 0.987. The molecule has 0 bridgehead atoms. The van der Waals surface area contributed by atoms with E-state index in [1.54, 1.807) is 4.90 Å². The minimum atomic E-state index is 0.133. The van der Waals surface area contributed by atoms with Crippen molar-refractivity contribution in [2.75, 3.05) is 39.5 Å². The number of rotatable bonds is 7. The molecule has 0 atom stereocenters. The van der Waals surface area contributed by atoms with Crippen LogP contribution in [0.15, 0.2) is 0 Å². The molecule has 3 heteroatoms. The molecule has 3 nitrogen and oxygen atoms in total. The van der Waals surface area contributed by atoms with E-state index < -0.39 is 0 Å². The Morgan fingerprint density at radius 1 is 1.18 bits per heavy atom. The van der Waals surface area contributed by atoms with Gasteiger partial charge in [-0.15, -0.1) is 0 Å². The second-order valence-corrected chi connectivity index (χ2v) is 2.54. The Morgan fingerprint density at radius 3 is 2.27 bits per heavy atom. The maximum absolute atomic E-state index is 8.41. The van der Waals surface area contributed by atoms with Crippen molar-refractivity contribution >= 4 is 0 Å². The first-order chi connectivity index (χ1) is 5.35. The lowest BCUT2D eigenvalue weighted by Crippen LogP contribution is -3.11. The van der Waals surface area contributed by atoms with E-state index in [0.717, 1.165) is 26.2 Å². The highest BCUT2D eigenvalue weighted by Gasteiger charge is 2.00. The molecule has 0 unspecified atom stereocenters. The summed E-state index contributed by atoms with van der Waals surface area (Å²) < 4.78 is 5.15. The van der Waals surface area contributed by atoms with E-state index in [1.165, 1.54) is 0 Å². The topological polar surface area (TPSA) is 33.9 Å². The van der Waals surface area contributed by atoms with Crippen LogP contribution >= 0.6 is 0 Å². The lowest BCUT2D eigenvalue weighted by atomic mass is 10.5. The van der Waals surface area contributed by atoms with Crippen LogP contribution < -0.4 is 4.90 Å². The van der Waals surface area contributed by atoms with Crippen molar-refractivity contribution < 1.29 is 14.7 Å². The summed E-state index contributed by atoms with van der Waals surface area (Å²) in [5.41, 5.74) is 0. The summed E-state index contributed by atoms with van der Waals surface area (Å²) >= 11 is 0. The Labute approximate surface area is 69.0 Å². The van der Waals surface area contributed by atoms with Crippen LogP contribution in [-0.4, -0.2) is 44.6 Å². The lowest BCUT2D eigenvalue weighted by molar-refractivity contribution is -0.896. The number of likely N-dealkylation sites (N-methyl/N-ethyl adjacent to an activating group) is 1. The van der Waals surface area contributed by atoms with Crippen molar-refractivity contribution in [1.82, 2.24) is 0 Å². The molecule has 0 rings (SSSR count). The van der Waals surface area contributed by atoms with Gasteiger partial charge in [0.2, 0.25) is 0 Å². The van der Waals surface area contributed by atoms with Gasteiger partial charge < -0.3 is 14.7 Å². The van der Waals surface area contributed by atoms with E-state index in [1.807, 2.05) is 0 Å². The second kappa shape index (κ2) is 7.98. The Balaban J connectivity index is 3.07. The van der Waals surface area contributed by atoms with Gasteiger partial charge in [-0.2, -0.15) is 0 Å².